The zero-order chi connectivity index (χ0) is 17.1. The van der Waals surface area contributed by atoms with E-state index in [-0.39, 0.29) is 11.7 Å². The summed E-state index contributed by atoms with van der Waals surface area (Å²) in [5.41, 5.74) is 2.47. The smallest absolute Gasteiger partial charge is 0.263 e. The van der Waals surface area contributed by atoms with Gasteiger partial charge in [0.2, 0.25) is 0 Å². The first kappa shape index (κ1) is 16.3. The van der Waals surface area contributed by atoms with Crippen molar-refractivity contribution in [3.05, 3.63) is 69.2 Å². The first-order valence-corrected chi connectivity index (χ1v) is 8.30. The van der Waals surface area contributed by atoms with E-state index in [4.69, 9.17) is 0 Å². The zero-order valence-electron chi connectivity index (χ0n) is 13.4. The molecule has 0 atom stereocenters. The molecule has 1 aromatic carbocycles. The van der Waals surface area contributed by atoms with Crippen LogP contribution in [0.25, 0.3) is 0 Å². The molecule has 2 heterocycles. The Labute approximate surface area is 143 Å². The van der Waals surface area contributed by atoms with E-state index in [9.17, 15) is 9.18 Å². The second kappa shape index (κ2) is 6.92. The van der Waals surface area contributed by atoms with Crippen LogP contribution in [-0.2, 0) is 20.0 Å². The van der Waals surface area contributed by atoms with Crippen LogP contribution in [0.3, 0.4) is 0 Å². The molecule has 0 saturated heterocycles. The van der Waals surface area contributed by atoms with Gasteiger partial charge in [-0.25, -0.2) is 9.37 Å². The summed E-state index contributed by atoms with van der Waals surface area (Å²) in [6.45, 7) is 2.20. The van der Waals surface area contributed by atoms with E-state index in [1.807, 2.05) is 26.2 Å². The molecule has 0 fully saturated rings. The number of halogens is 1. The molecule has 2 aromatic heterocycles. The van der Waals surface area contributed by atoms with Gasteiger partial charge in [0.1, 0.15) is 10.7 Å². The van der Waals surface area contributed by atoms with Crippen LogP contribution in [0.2, 0.25) is 0 Å². The fourth-order valence-electron chi connectivity index (χ4n) is 2.32. The van der Waals surface area contributed by atoms with Crippen LogP contribution in [-0.4, -0.2) is 20.7 Å². The van der Waals surface area contributed by atoms with E-state index in [0.29, 0.717) is 23.5 Å². The molecule has 0 unspecified atom stereocenters. The third kappa shape index (κ3) is 3.86. The number of nitrogens with zero attached hydrogens (tertiary/aromatic N) is 3. The summed E-state index contributed by atoms with van der Waals surface area (Å²) in [4.78, 5) is 17.4. The second-order valence-corrected chi connectivity index (χ2v) is 6.57. The highest BCUT2D eigenvalue weighted by atomic mass is 32.1. The molecule has 3 aromatic rings. The maximum absolute atomic E-state index is 13.0. The Balaban J connectivity index is 1.66. The van der Waals surface area contributed by atoms with Gasteiger partial charge in [-0.3, -0.25) is 9.48 Å². The lowest BCUT2D eigenvalue weighted by molar-refractivity contribution is 0.0953. The van der Waals surface area contributed by atoms with Crippen molar-refractivity contribution >= 4 is 17.2 Å². The molecule has 5 nitrogen and oxygen atoms in total. The van der Waals surface area contributed by atoms with E-state index in [1.54, 1.807) is 16.8 Å². The fourth-order valence-corrected chi connectivity index (χ4v) is 3.34. The summed E-state index contributed by atoms with van der Waals surface area (Å²) in [6.07, 6.45) is 2.42. The van der Waals surface area contributed by atoms with Crippen molar-refractivity contribution in [2.24, 2.45) is 7.05 Å². The number of aromatic nitrogens is 3. The van der Waals surface area contributed by atoms with Gasteiger partial charge >= 0.3 is 0 Å². The fraction of sp³-hybridized carbons (Fsp3) is 0.235. The predicted molar refractivity (Wildman–Crippen MR) is 90.4 cm³/mol. The van der Waals surface area contributed by atoms with Crippen molar-refractivity contribution in [1.29, 1.82) is 0 Å². The Morgan fingerprint density at radius 3 is 2.71 bits per heavy atom. The second-order valence-electron chi connectivity index (χ2n) is 5.49. The van der Waals surface area contributed by atoms with Crippen LogP contribution in [0.5, 0.6) is 0 Å². The van der Waals surface area contributed by atoms with Gasteiger partial charge in [-0.1, -0.05) is 12.1 Å². The molecule has 3 rings (SSSR count). The average molecular weight is 344 g/mol. The Morgan fingerprint density at radius 2 is 2.04 bits per heavy atom. The molecule has 1 N–H and O–H groups in total. The van der Waals surface area contributed by atoms with E-state index < -0.39 is 0 Å². The molecule has 1 amide bonds. The molecule has 0 aliphatic heterocycles. The van der Waals surface area contributed by atoms with Crippen molar-refractivity contribution in [3.63, 3.8) is 0 Å². The Hall–Kier alpha value is -2.54. The molecule has 7 heteroatoms. The third-order valence-corrected chi connectivity index (χ3v) is 4.67. The van der Waals surface area contributed by atoms with Gasteiger partial charge in [0, 0.05) is 19.7 Å². The minimum absolute atomic E-state index is 0.152. The quantitative estimate of drug-likeness (QED) is 0.774. The summed E-state index contributed by atoms with van der Waals surface area (Å²) < 4.78 is 14.6. The molecule has 0 aliphatic rings. The number of hydrogen-bond donors (Lipinski definition) is 1. The number of amides is 1. The number of hydrogen-bond acceptors (Lipinski definition) is 4. The van der Waals surface area contributed by atoms with E-state index in [1.165, 1.54) is 23.5 Å². The van der Waals surface area contributed by atoms with Gasteiger partial charge in [0.05, 0.1) is 22.9 Å². The molecule has 0 radical (unpaired) electrons. The molecular formula is C17H17FN4OS. The Bertz CT molecular complexity index is 854. The molecule has 0 aliphatic carbocycles. The van der Waals surface area contributed by atoms with E-state index in [2.05, 4.69) is 15.4 Å². The van der Waals surface area contributed by atoms with Crippen LogP contribution in [0.4, 0.5) is 4.39 Å². The highest BCUT2D eigenvalue weighted by molar-refractivity contribution is 7.13. The van der Waals surface area contributed by atoms with Crippen molar-refractivity contribution < 1.29 is 9.18 Å². The molecule has 24 heavy (non-hydrogen) atoms. The Morgan fingerprint density at radius 1 is 1.29 bits per heavy atom. The van der Waals surface area contributed by atoms with Crippen LogP contribution >= 0.6 is 11.3 Å². The maximum Gasteiger partial charge on any atom is 0.263 e. The van der Waals surface area contributed by atoms with Crippen LogP contribution in [0, 0.1) is 12.7 Å². The summed E-state index contributed by atoms with van der Waals surface area (Å²) in [7, 11) is 1.83. The molecule has 0 bridgehead atoms. The zero-order valence-corrected chi connectivity index (χ0v) is 14.2. The third-order valence-electron chi connectivity index (χ3n) is 3.51. The molecule has 0 saturated carbocycles. The van der Waals surface area contributed by atoms with E-state index >= 15 is 0 Å². The highest BCUT2D eigenvalue weighted by Gasteiger charge is 2.15. The number of rotatable bonds is 5. The lowest BCUT2D eigenvalue weighted by Gasteiger charge is -2.01. The lowest BCUT2D eigenvalue weighted by atomic mass is 10.1. The number of carbonyl (C=O) groups excluding carboxylic acids is 1. The van der Waals surface area contributed by atoms with Gasteiger partial charge in [-0.15, -0.1) is 11.3 Å². The summed E-state index contributed by atoms with van der Waals surface area (Å²) in [5, 5.41) is 7.92. The first-order chi connectivity index (χ1) is 11.5. The standard InChI is InChI=1S/C17H17FN4OS/c1-11-16(17(23)19-10-14-7-8-22(2)21-14)24-15(20-11)9-12-3-5-13(18)6-4-12/h3-8H,9-10H2,1-2H3,(H,19,23). The van der Waals surface area contributed by atoms with Crippen molar-refractivity contribution in [3.8, 4) is 0 Å². The Kier molecular flexibility index (Phi) is 4.71. The number of benzene rings is 1. The number of aryl methyl sites for hydroxylation is 2. The monoisotopic (exact) mass is 344 g/mol. The van der Waals surface area contributed by atoms with Gasteiger partial charge in [-0.2, -0.15) is 5.10 Å². The maximum atomic E-state index is 13.0. The topological polar surface area (TPSA) is 59.8 Å². The number of thiazole rings is 1. The number of nitrogens with one attached hydrogen (secondary N) is 1. The first-order valence-electron chi connectivity index (χ1n) is 7.49. The van der Waals surface area contributed by atoms with Gasteiger partial charge in [-0.05, 0) is 30.7 Å². The summed E-state index contributed by atoms with van der Waals surface area (Å²) >= 11 is 1.36. The molecule has 124 valence electrons. The lowest BCUT2D eigenvalue weighted by Crippen LogP contribution is -2.22. The summed E-state index contributed by atoms with van der Waals surface area (Å²) in [5.74, 6) is -0.412. The van der Waals surface area contributed by atoms with Crippen molar-refractivity contribution in [2.75, 3.05) is 0 Å². The minimum atomic E-state index is -0.261. The minimum Gasteiger partial charge on any atom is -0.346 e. The van der Waals surface area contributed by atoms with Gasteiger partial charge in [0.15, 0.2) is 0 Å². The molecular weight excluding hydrogens is 327 g/mol. The SMILES string of the molecule is Cc1nc(Cc2ccc(F)cc2)sc1C(=O)NCc1ccn(C)n1. The summed E-state index contributed by atoms with van der Waals surface area (Å²) in [6, 6.07) is 8.17. The van der Waals surface area contributed by atoms with Crippen molar-refractivity contribution in [2.45, 2.75) is 19.9 Å². The largest absolute Gasteiger partial charge is 0.346 e. The van der Waals surface area contributed by atoms with Crippen LogP contribution in [0.15, 0.2) is 36.5 Å². The van der Waals surface area contributed by atoms with Crippen molar-refractivity contribution in [1.82, 2.24) is 20.1 Å². The van der Waals surface area contributed by atoms with Gasteiger partial charge < -0.3 is 5.32 Å². The van der Waals surface area contributed by atoms with Crippen LogP contribution in [0.1, 0.15) is 31.6 Å². The molecule has 0 spiro atoms. The average Bonchev–Trinajstić information content (AvgIpc) is 3.13. The van der Waals surface area contributed by atoms with Gasteiger partial charge in [0.25, 0.3) is 5.91 Å². The highest BCUT2D eigenvalue weighted by Crippen LogP contribution is 2.21. The van der Waals surface area contributed by atoms with E-state index in [0.717, 1.165) is 16.3 Å². The normalized spacial score (nSPS) is 10.8. The number of carbonyl (C=O) groups is 1. The predicted octanol–water partition coefficient (Wildman–Crippen LogP) is 2.84. The van der Waals surface area contributed by atoms with Crippen LogP contribution < -0.4 is 5.32 Å².